The van der Waals surface area contributed by atoms with Crippen molar-refractivity contribution in [3.63, 3.8) is 0 Å². The number of aliphatic hydroxyl groups excluding tert-OH is 1. The Kier molecular flexibility index (Phi) is 4.51. The Morgan fingerprint density at radius 2 is 2.23 bits per heavy atom. The molecule has 0 aliphatic heterocycles. The van der Waals surface area contributed by atoms with Crippen molar-refractivity contribution in [2.75, 3.05) is 6.61 Å². The lowest BCUT2D eigenvalue weighted by Crippen LogP contribution is -2.12. The highest BCUT2D eigenvalue weighted by atomic mass is 16.3. The van der Waals surface area contributed by atoms with E-state index in [2.05, 4.69) is 19.9 Å². The van der Waals surface area contributed by atoms with Crippen molar-refractivity contribution >= 4 is 0 Å². The highest BCUT2D eigenvalue weighted by molar-refractivity contribution is 5.04. The molecule has 1 aliphatic rings. The third-order valence-corrected chi connectivity index (χ3v) is 3.11. The van der Waals surface area contributed by atoms with E-state index in [0.717, 1.165) is 18.3 Å². The molecule has 76 valence electrons. The van der Waals surface area contributed by atoms with Crippen molar-refractivity contribution < 1.29 is 5.11 Å². The molecule has 1 saturated carbocycles. The standard InChI is InChI=1S/C12H22O/c1-3-11(9-13)8-12-6-4-5-10(2)7-12/h8,10,12-13H,3-7,9H2,1-2H3. The molecule has 0 saturated heterocycles. The van der Waals surface area contributed by atoms with Crippen LogP contribution in [-0.2, 0) is 0 Å². The summed E-state index contributed by atoms with van der Waals surface area (Å²) in [6.07, 6.45) is 8.73. The van der Waals surface area contributed by atoms with E-state index in [1.165, 1.54) is 31.3 Å². The number of aliphatic hydroxyl groups is 1. The first kappa shape index (κ1) is 10.8. The fourth-order valence-corrected chi connectivity index (χ4v) is 2.25. The fourth-order valence-electron chi connectivity index (χ4n) is 2.25. The Labute approximate surface area is 81.9 Å². The minimum atomic E-state index is 0.251. The molecule has 1 rings (SSSR count). The van der Waals surface area contributed by atoms with E-state index in [9.17, 15) is 0 Å². The second kappa shape index (κ2) is 5.43. The van der Waals surface area contributed by atoms with E-state index in [4.69, 9.17) is 5.11 Å². The van der Waals surface area contributed by atoms with Crippen LogP contribution in [0.1, 0.15) is 46.0 Å². The van der Waals surface area contributed by atoms with Crippen molar-refractivity contribution in [3.05, 3.63) is 11.6 Å². The summed E-state index contributed by atoms with van der Waals surface area (Å²) in [6.45, 7) is 4.71. The maximum Gasteiger partial charge on any atom is 0.0641 e. The van der Waals surface area contributed by atoms with E-state index in [1.54, 1.807) is 0 Å². The molecule has 1 nitrogen and oxygen atoms in total. The molecule has 0 aromatic heterocycles. The minimum Gasteiger partial charge on any atom is -0.392 e. The Bertz CT molecular complexity index is 166. The van der Waals surface area contributed by atoms with Crippen molar-refractivity contribution in [1.82, 2.24) is 0 Å². The first-order valence-corrected chi connectivity index (χ1v) is 5.56. The summed E-state index contributed by atoms with van der Waals surface area (Å²) in [5, 5.41) is 9.05. The fraction of sp³-hybridized carbons (Fsp3) is 0.833. The van der Waals surface area contributed by atoms with Crippen molar-refractivity contribution in [2.45, 2.75) is 46.0 Å². The highest BCUT2D eigenvalue weighted by Gasteiger charge is 2.16. The molecule has 0 bridgehead atoms. The minimum absolute atomic E-state index is 0.251. The van der Waals surface area contributed by atoms with Gasteiger partial charge in [-0.25, -0.2) is 0 Å². The van der Waals surface area contributed by atoms with E-state index in [0.29, 0.717) is 0 Å². The van der Waals surface area contributed by atoms with Crippen LogP contribution in [0.3, 0.4) is 0 Å². The van der Waals surface area contributed by atoms with Crippen molar-refractivity contribution in [2.24, 2.45) is 11.8 Å². The van der Waals surface area contributed by atoms with Crippen LogP contribution in [0.5, 0.6) is 0 Å². The average molecular weight is 182 g/mol. The average Bonchev–Trinajstić information content (AvgIpc) is 2.14. The zero-order valence-electron chi connectivity index (χ0n) is 8.92. The van der Waals surface area contributed by atoms with Crippen LogP contribution in [0, 0.1) is 11.8 Å². The Hall–Kier alpha value is -0.300. The third-order valence-electron chi connectivity index (χ3n) is 3.11. The number of hydrogen-bond acceptors (Lipinski definition) is 1. The van der Waals surface area contributed by atoms with Gasteiger partial charge in [-0.05, 0) is 36.7 Å². The number of hydrogen-bond donors (Lipinski definition) is 1. The normalized spacial score (nSPS) is 30.5. The van der Waals surface area contributed by atoms with Crippen LogP contribution in [0.25, 0.3) is 0 Å². The van der Waals surface area contributed by atoms with Gasteiger partial charge in [-0.15, -0.1) is 0 Å². The lowest BCUT2D eigenvalue weighted by atomic mass is 9.81. The van der Waals surface area contributed by atoms with Gasteiger partial charge in [-0.3, -0.25) is 0 Å². The maximum atomic E-state index is 9.05. The molecule has 0 aromatic rings. The van der Waals surface area contributed by atoms with Crippen molar-refractivity contribution in [3.8, 4) is 0 Å². The van der Waals surface area contributed by atoms with Gasteiger partial charge in [0, 0.05) is 0 Å². The van der Waals surface area contributed by atoms with Crippen LogP contribution in [-0.4, -0.2) is 11.7 Å². The van der Waals surface area contributed by atoms with Crippen LogP contribution in [0.2, 0.25) is 0 Å². The van der Waals surface area contributed by atoms with E-state index >= 15 is 0 Å². The first-order chi connectivity index (χ1) is 6.26. The molecule has 0 amide bonds. The van der Waals surface area contributed by atoms with Gasteiger partial charge in [0.15, 0.2) is 0 Å². The molecule has 2 atom stereocenters. The van der Waals surface area contributed by atoms with Crippen LogP contribution in [0.15, 0.2) is 11.6 Å². The van der Waals surface area contributed by atoms with Gasteiger partial charge in [0.25, 0.3) is 0 Å². The molecule has 1 aliphatic carbocycles. The zero-order valence-corrected chi connectivity index (χ0v) is 8.92. The van der Waals surface area contributed by atoms with Gasteiger partial charge in [0.2, 0.25) is 0 Å². The van der Waals surface area contributed by atoms with Crippen LogP contribution in [0.4, 0.5) is 0 Å². The summed E-state index contributed by atoms with van der Waals surface area (Å²) in [6, 6.07) is 0. The quantitative estimate of drug-likeness (QED) is 0.665. The molecule has 13 heavy (non-hydrogen) atoms. The molecule has 1 heteroatoms. The number of allylic oxidation sites excluding steroid dienone is 1. The summed E-state index contributed by atoms with van der Waals surface area (Å²) < 4.78 is 0. The SMILES string of the molecule is CCC(=CC1CCCC(C)C1)CO. The van der Waals surface area contributed by atoms with Crippen LogP contribution < -0.4 is 0 Å². The zero-order chi connectivity index (χ0) is 9.68. The molecular formula is C12H22O. The van der Waals surface area contributed by atoms with Gasteiger partial charge in [0.05, 0.1) is 6.61 Å². The van der Waals surface area contributed by atoms with Gasteiger partial charge in [-0.2, -0.15) is 0 Å². The maximum absolute atomic E-state index is 9.05. The van der Waals surface area contributed by atoms with Gasteiger partial charge in [0.1, 0.15) is 0 Å². The summed E-state index contributed by atoms with van der Waals surface area (Å²) in [5.74, 6) is 1.62. The van der Waals surface area contributed by atoms with Crippen LogP contribution >= 0.6 is 0 Å². The lowest BCUT2D eigenvalue weighted by molar-refractivity contribution is 0.309. The van der Waals surface area contributed by atoms with Gasteiger partial charge >= 0.3 is 0 Å². The predicted molar refractivity (Wildman–Crippen MR) is 56.6 cm³/mol. The van der Waals surface area contributed by atoms with Crippen molar-refractivity contribution in [1.29, 1.82) is 0 Å². The third kappa shape index (κ3) is 3.51. The first-order valence-electron chi connectivity index (χ1n) is 5.56. The highest BCUT2D eigenvalue weighted by Crippen LogP contribution is 2.30. The monoisotopic (exact) mass is 182 g/mol. The topological polar surface area (TPSA) is 20.2 Å². The molecule has 0 spiro atoms. The lowest BCUT2D eigenvalue weighted by Gasteiger charge is -2.24. The Balaban J connectivity index is 2.46. The smallest absolute Gasteiger partial charge is 0.0641 e. The van der Waals surface area contributed by atoms with E-state index in [-0.39, 0.29) is 6.61 Å². The van der Waals surface area contributed by atoms with E-state index in [1.807, 2.05) is 0 Å². The molecule has 1 fully saturated rings. The molecule has 0 aromatic carbocycles. The second-order valence-corrected chi connectivity index (χ2v) is 4.37. The molecular weight excluding hydrogens is 160 g/mol. The molecule has 1 N–H and O–H groups in total. The molecule has 0 radical (unpaired) electrons. The Morgan fingerprint density at radius 3 is 2.77 bits per heavy atom. The second-order valence-electron chi connectivity index (χ2n) is 4.37. The van der Waals surface area contributed by atoms with E-state index < -0.39 is 0 Å². The molecule has 0 heterocycles. The predicted octanol–water partition coefficient (Wildman–Crippen LogP) is 3.14. The van der Waals surface area contributed by atoms with Gasteiger partial charge < -0.3 is 5.11 Å². The summed E-state index contributed by atoms with van der Waals surface area (Å²) in [7, 11) is 0. The summed E-state index contributed by atoms with van der Waals surface area (Å²) in [5.41, 5.74) is 1.22. The largest absolute Gasteiger partial charge is 0.392 e. The van der Waals surface area contributed by atoms with Gasteiger partial charge in [-0.1, -0.05) is 32.8 Å². The summed E-state index contributed by atoms with van der Waals surface area (Å²) in [4.78, 5) is 0. The Morgan fingerprint density at radius 1 is 1.46 bits per heavy atom. The molecule has 2 unspecified atom stereocenters. The summed E-state index contributed by atoms with van der Waals surface area (Å²) >= 11 is 0. The number of rotatable bonds is 3.